The van der Waals surface area contributed by atoms with Crippen molar-refractivity contribution in [3.05, 3.63) is 34.3 Å². The molecule has 11 heteroatoms. The number of ether oxygens (including phenoxy) is 4. The Balaban J connectivity index is 2.39. The number of nitrogens with one attached hydrogen (secondary N) is 1. The van der Waals surface area contributed by atoms with Gasteiger partial charge in [-0.3, -0.25) is 9.59 Å². The number of amides is 1. The van der Waals surface area contributed by atoms with Gasteiger partial charge in [0, 0.05) is 0 Å². The quantitative estimate of drug-likeness (QED) is 0.324. The van der Waals surface area contributed by atoms with Crippen molar-refractivity contribution in [2.75, 3.05) is 32.8 Å². The number of methoxy groups -OCH3 is 2. The summed E-state index contributed by atoms with van der Waals surface area (Å²) in [4.78, 5) is 25.1. The number of rotatable bonds is 11. The second kappa shape index (κ2) is 12.3. The van der Waals surface area contributed by atoms with Gasteiger partial charge in [-0.1, -0.05) is 23.2 Å². The third-order valence-corrected chi connectivity index (χ3v) is 4.94. The predicted octanol–water partition coefficient (Wildman–Crippen LogP) is 5.49. The molecule has 0 saturated carbocycles. The van der Waals surface area contributed by atoms with Crippen molar-refractivity contribution >= 4 is 46.3 Å². The number of carbonyl (C=O) groups excluding carboxylic acids is 2. The van der Waals surface area contributed by atoms with E-state index in [1.165, 1.54) is 21.1 Å². The normalized spacial score (nSPS) is 11.7. The molecule has 0 radical (unpaired) electrons. The van der Waals surface area contributed by atoms with Gasteiger partial charge < -0.3 is 24.3 Å². The average molecular weight is 498 g/mol. The van der Waals surface area contributed by atoms with Crippen molar-refractivity contribution < 1.29 is 28.5 Å². The van der Waals surface area contributed by atoms with Gasteiger partial charge in [0.05, 0.1) is 38.1 Å². The van der Waals surface area contributed by atoms with Crippen molar-refractivity contribution in [1.29, 1.82) is 0 Å². The first kappa shape index (κ1) is 26.2. The Kier molecular flexibility index (Phi) is 9.74. The summed E-state index contributed by atoms with van der Waals surface area (Å²) in [5, 5.41) is 11.1. The molecule has 2 aromatic carbocycles. The van der Waals surface area contributed by atoms with E-state index in [2.05, 4.69) is 15.5 Å². The number of azo groups is 1. The van der Waals surface area contributed by atoms with E-state index in [0.29, 0.717) is 24.7 Å². The number of hydrogen-bond acceptors (Lipinski definition) is 8. The number of nitrogens with zero attached hydrogens (tertiary/aromatic N) is 2. The van der Waals surface area contributed by atoms with Crippen LogP contribution in [0.4, 0.5) is 11.4 Å². The molecule has 1 atom stereocenters. The van der Waals surface area contributed by atoms with Crippen LogP contribution in [0, 0.1) is 0 Å². The zero-order valence-corrected chi connectivity index (χ0v) is 20.4. The monoisotopic (exact) mass is 497 g/mol. The molecule has 0 fully saturated rings. The first-order chi connectivity index (χ1) is 15.8. The zero-order valence-electron chi connectivity index (χ0n) is 18.9. The second-order valence-electron chi connectivity index (χ2n) is 6.47. The Morgan fingerprint density at radius 2 is 1.64 bits per heavy atom. The second-order valence-corrected chi connectivity index (χ2v) is 7.25. The molecule has 0 aliphatic heterocycles. The van der Waals surface area contributed by atoms with E-state index in [1.54, 1.807) is 31.2 Å². The van der Waals surface area contributed by atoms with Gasteiger partial charge in [-0.25, -0.2) is 0 Å². The van der Waals surface area contributed by atoms with Crippen LogP contribution < -0.4 is 24.3 Å². The Labute approximate surface area is 202 Å². The van der Waals surface area contributed by atoms with Crippen molar-refractivity contribution in [2.24, 2.45) is 10.2 Å². The summed E-state index contributed by atoms with van der Waals surface area (Å²) in [6.07, 6.45) is 0. The van der Waals surface area contributed by atoms with Gasteiger partial charge in [0.1, 0.15) is 16.5 Å². The molecule has 0 aliphatic carbocycles. The standard InChI is InChI=1S/C22H25Cl2N3O6/c1-6-32-15-11-9-14(21(17(15)24)33-7-2)25-22(29)18(12(3)28)26-27-19-16(30-4)10-8-13(23)20(19)31-5/h8-11,18H,6-7H2,1-5H3,(H,25,29). The fourth-order valence-corrected chi connectivity index (χ4v) is 3.31. The number of hydrogen-bond donors (Lipinski definition) is 1. The van der Waals surface area contributed by atoms with E-state index in [9.17, 15) is 9.59 Å². The average Bonchev–Trinajstić information content (AvgIpc) is 2.78. The minimum absolute atomic E-state index is 0.144. The first-order valence-electron chi connectivity index (χ1n) is 9.99. The van der Waals surface area contributed by atoms with Crippen molar-refractivity contribution in [3.8, 4) is 23.0 Å². The van der Waals surface area contributed by atoms with Crippen LogP contribution in [-0.4, -0.2) is 45.2 Å². The summed E-state index contributed by atoms with van der Waals surface area (Å²) < 4.78 is 21.6. The van der Waals surface area contributed by atoms with Crippen LogP contribution in [0.25, 0.3) is 0 Å². The summed E-state index contributed by atoms with van der Waals surface area (Å²) in [6.45, 7) is 5.51. The minimum atomic E-state index is -1.46. The summed E-state index contributed by atoms with van der Waals surface area (Å²) >= 11 is 12.5. The van der Waals surface area contributed by atoms with Gasteiger partial charge in [0.2, 0.25) is 6.04 Å². The highest BCUT2D eigenvalue weighted by Crippen LogP contribution is 2.43. The lowest BCUT2D eigenvalue weighted by Gasteiger charge is -2.17. The van der Waals surface area contributed by atoms with Crippen LogP contribution in [0.5, 0.6) is 23.0 Å². The number of halogens is 2. The van der Waals surface area contributed by atoms with Crippen molar-refractivity contribution in [3.63, 3.8) is 0 Å². The maximum absolute atomic E-state index is 12.9. The molecule has 0 heterocycles. The van der Waals surface area contributed by atoms with Gasteiger partial charge in [0.15, 0.2) is 23.0 Å². The molecule has 0 aliphatic rings. The molecule has 2 rings (SSSR count). The molecule has 1 N–H and O–H groups in total. The zero-order chi connectivity index (χ0) is 24.5. The minimum Gasteiger partial charge on any atom is -0.494 e. The third-order valence-electron chi connectivity index (χ3n) is 4.29. The summed E-state index contributed by atoms with van der Waals surface area (Å²) in [5.74, 6) is -0.142. The first-order valence-corrected chi connectivity index (χ1v) is 10.7. The molecule has 0 spiro atoms. The van der Waals surface area contributed by atoms with E-state index in [-0.39, 0.29) is 32.9 Å². The SMILES string of the molecule is CCOc1ccc(NC(=O)C(N=Nc2c(OC)ccc(Cl)c2OC)C(C)=O)c(OCC)c1Cl. The fourth-order valence-electron chi connectivity index (χ4n) is 2.81. The summed E-state index contributed by atoms with van der Waals surface area (Å²) in [6, 6.07) is 4.84. The van der Waals surface area contributed by atoms with Crippen LogP contribution in [0.1, 0.15) is 20.8 Å². The molecule has 178 valence electrons. The number of ketones is 1. The lowest BCUT2D eigenvalue weighted by atomic mass is 10.2. The molecular weight excluding hydrogens is 473 g/mol. The molecule has 0 saturated heterocycles. The third kappa shape index (κ3) is 6.27. The fraction of sp³-hybridized carbons (Fsp3) is 0.364. The van der Waals surface area contributed by atoms with E-state index < -0.39 is 17.7 Å². The van der Waals surface area contributed by atoms with E-state index in [1.807, 2.05) is 6.92 Å². The lowest BCUT2D eigenvalue weighted by molar-refractivity contribution is -0.126. The van der Waals surface area contributed by atoms with Gasteiger partial charge in [-0.15, -0.1) is 5.11 Å². The summed E-state index contributed by atoms with van der Waals surface area (Å²) in [5.41, 5.74) is 0.403. The molecule has 0 aromatic heterocycles. The molecule has 2 aromatic rings. The van der Waals surface area contributed by atoms with Crippen LogP contribution in [0.15, 0.2) is 34.5 Å². The summed E-state index contributed by atoms with van der Waals surface area (Å²) in [7, 11) is 2.83. The molecule has 33 heavy (non-hydrogen) atoms. The highest BCUT2D eigenvalue weighted by atomic mass is 35.5. The maximum Gasteiger partial charge on any atom is 0.258 e. The molecule has 9 nitrogen and oxygen atoms in total. The molecule has 1 unspecified atom stereocenters. The highest BCUT2D eigenvalue weighted by molar-refractivity contribution is 6.34. The smallest absolute Gasteiger partial charge is 0.258 e. The number of anilines is 1. The lowest BCUT2D eigenvalue weighted by Crippen LogP contribution is -2.32. The van der Waals surface area contributed by atoms with Crippen LogP contribution >= 0.6 is 23.2 Å². The Morgan fingerprint density at radius 1 is 0.970 bits per heavy atom. The number of carbonyl (C=O) groups is 2. The Hall–Kier alpha value is -3.04. The topological polar surface area (TPSA) is 108 Å². The van der Waals surface area contributed by atoms with Crippen molar-refractivity contribution in [2.45, 2.75) is 26.8 Å². The van der Waals surface area contributed by atoms with Gasteiger partial charge in [0.25, 0.3) is 5.91 Å². The number of Topliss-reactive ketones (excluding diaryl/α,β-unsaturated/α-hetero) is 1. The van der Waals surface area contributed by atoms with Crippen molar-refractivity contribution in [1.82, 2.24) is 0 Å². The Bertz CT molecular complexity index is 1050. The molecule has 1 amide bonds. The molecular formula is C22H25Cl2N3O6. The highest BCUT2D eigenvalue weighted by Gasteiger charge is 2.26. The van der Waals surface area contributed by atoms with E-state index in [4.69, 9.17) is 42.1 Å². The van der Waals surface area contributed by atoms with Gasteiger partial charge in [-0.05, 0) is 45.0 Å². The van der Waals surface area contributed by atoms with E-state index in [0.717, 1.165) is 0 Å². The maximum atomic E-state index is 12.9. The van der Waals surface area contributed by atoms with E-state index >= 15 is 0 Å². The predicted molar refractivity (Wildman–Crippen MR) is 126 cm³/mol. The van der Waals surface area contributed by atoms with Gasteiger partial charge in [-0.2, -0.15) is 5.11 Å². The Morgan fingerprint density at radius 3 is 2.21 bits per heavy atom. The largest absolute Gasteiger partial charge is 0.494 e. The molecule has 0 bridgehead atoms. The van der Waals surface area contributed by atoms with Gasteiger partial charge >= 0.3 is 0 Å². The van der Waals surface area contributed by atoms with Crippen LogP contribution in [-0.2, 0) is 9.59 Å². The van der Waals surface area contributed by atoms with Crippen LogP contribution in [0.2, 0.25) is 10.0 Å². The number of benzene rings is 2. The van der Waals surface area contributed by atoms with Crippen LogP contribution in [0.3, 0.4) is 0 Å².